The van der Waals surface area contributed by atoms with Crippen molar-refractivity contribution in [3.63, 3.8) is 0 Å². The van der Waals surface area contributed by atoms with E-state index in [2.05, 4.69) is 68.2 Å². The van der Waals surface area contributed by atoms with E-state index in [4.69, 9.17) is 0 Å². The number of hydrogen-bond acceptors (Lipinski definition) is 8. The number of halogens is 2. The molecule has 150 valence electrons. The van der Waals surface area contributed by atoms with Crippen LogP contribution in [0, 0.1) is 0 Å². The lowest BCUT2D eigenvalue weighted by molar-refractivity contribution is -0.111. The number of hydrogen-bond donors (Lipinski definition) is 3. The van der Waals surface area contributed by atoms with Crippen LogP contribution in [0.5, 0.6) is 0 Å². The van der Waals surface area contributed by atoms with Crippen LogP contribution in [0.2, 0.25) is 0 Å². The molecular formula is C19H13Br2N7OS. The van der Waals surface area contributed by atoms with E-state index < -0.39 is 5.91 Å². The summed E-state index contributed by atoms with van der Waals surface area (Å²) >= 11 is 8.30. The van der Waals surface area contributed by atoms with Crippen molar-refractivity contribution in [3.05, 3.63) is 74.8 Å². The lowest BCUT2D eigenvalue weighted by atomic mass is 10.2. The Bertz CT molecular complexity index is 1180. The molecule has 0 saturated carbocycles. The molecule has 0 spiro atoms. The molecule has 3 aromatic rings. The maximum atomic E-state index is 12.6. The molecule has 0 atom stereocenters. The largest absolute Gasteiger partial charge is 0.352 e. The smallest absolute Gasteiger partial charge is 0.299 e. The van der Waals surface area contributed by atoms with Gasteiger partial charge in [-0.2, -0.15) is 10.1 Å². The zero-order valence-electron chi connectivity index (χ0n) is 15.1. The molecule has 1 amide bonds. The number of aliphatic imine (C=N–C) groups is 1. The molecule has 2 heterocycles. The van der Waals surface area contributed by atoms with E-state index in [1.165, 1.54) is 11.3 Å². The van der Waals surface area contributed by atoms with Crippen LogP contribution in [-0.2, 0) is 4.79 Å². The average Bonchev–Trinajstić information content (AvgIpc) is 3.26. The van der Waals surface area contributed by atoms with Gasteiger partial charge < -0.3 is 10.6 Å². The quantitative estimate of drug-likeness (QED) is 0.394. The Hall–Kier alpha value is -2.89. The number of hydrazone groups is 1. The Labute approximate surface area is 192 Å². The van der Waals surface area contributed by atoms with Gasteiger partial charge in [0.05, 0.1) is 17.1 Å². The summed E-state index contributed by atoms with van der Waals surface area (Å²) in [6.45, 7) is 0. The Morgan fingerprint density at radius 3 is 2.23 bits per heavy atom. The number of rotatable bonds is 5. The minimum absolute atomic E-state index is 0.137. The van der Waals surface area contributed by atoms with Gasteiger partial charge in [0, 0.05) is 8.95 Å². The van der Waals surface area contributed by atoms with E-state index in [0.29, 0.717) is 16.7 Å². The van der Waals surface area contributed by atoms with Crippen LogP contribution in [0.15, 0.2) is 84.9 Å². The van der Waals surface area contributed by atoms with Crippen LogP contribution < -0.4 is 16.1 Å². The van der Waals surface area contributed by atoms with Crippen molar-refractivity contribution in [1.82, 2.24) is 10.2 Å². The number of carbonyl (C=O) groups is 1. The summed E-state index contributed by atoms with van der Waals surface area (Å²) in [5.41, 5.74) is 6.60. The number of anilines is 3. The molecule has 11 heteroatoms. The number of aromatic nitrogens is 2. The molecule has 0 fully saturated rings. The topological polar surface area (TPSA) is 104 Å². The van der Waals surface area contributed by atoms with Gasteiger partial charge in [0.1, 0.15) is 5.51 Å². The minimum atomic E-state index is -0.487. The highest BCUT2D eigenvalue weighted by molar-refractivity contribution is 9.11. The molecule has 1 aliphatic heterocycles. The molecule has 0 aliphatic carbocycles. The summed E-state index contributed by atoms with van der Waals surface area (Å²) in [7, 11) is 0. The fourth-order valence-electron chi connectivity index (χ4n) is 2.48. The van der Waals surface area contributed by atoms with Gasteiger partial charge in [0.2, 0.25) is 5.13 Å². The van der Waals surface area contributed by atoms with E-state index >= 15 is 0 Å². The summed E-state index contributed by atoms with van der Waals surface area (Å²) < 4.78 is 1.71. The van der Waals surface area contributed by atoms with Gasteiger partial charge in [-0.3, -0.25) is 10.2 Å². The fraction of sp³-hybridized carbons (Fsp3) is 0. The van der Waals surface area contributed by atoms with E-state index in [1.54, 1.807) is 11.6 Å². The number of carbonyl (C=O) groups excluding carboxylic acids is 1. The Morgan fingerprint density at radius 1 is 0.933 bits per heavy atom. The third kappa shape index (κ3) is 4.81. The molecule has 3 N–H and O–H groups in total. The van der Waals surface area contributed by atoms with Crippen molar-refractivity contribution >= 4 is 77.2 Å². The molecule has 0 radical (unpaired) electrons. The second kappa shape index (κ2) is 9.28. The molecule has 8 nitrogen and oxygen atoms in total. The summed E-state index contributed by atoms with van der Waals surface area (Å²) in [5.74, 6) is -0.114. The summed E-state index contributed by atoms with van der Waals surface area (Å²) in [6.07, 6.45) is 1.63. The van der Waals surface area contributed by atoms with Gasteiger partial charge >= 0.3 is 0 Å². The molecule has 0 unspecified atom stereocenters. The fourth-order valence-corrected chi connectivity index (χ4v) is 3.64. The van der Waals surface area contributed by atoms with Crippen molar-refractivity contribution in [1.29, 1.82) is 0 Å². The molecule has 0 bridgehead atoms. The molecule has 1 aromatic heterocycles. The number of para-hydroxylation sites is 2. The van der Waals surface area contributed by atoms with Gasteiger partial charge in [-0.15, -0.1) is 10.2 Å². The predicted molar refractivity (Wildman–Crippen MR) is 127 cm³/mol. The highest BCUT2D eigenvalue weighted by atomic mass is 79.9. The van der Waals surface area contributed by atoms with Crippen molar-refractivity contribution in [2.45, 2.75) is 0 Å². The number of nitrogens with one attached hydrogen (secondary N) is 3. The standard InChI is InChI=1S/C19H13Br2N7OS/c20-11-5-1-3-7-13(11)23-15-9-16(26-28-19-27-22-10-30-19)18(29)25-17(15)24-14-8-4-2-6-12(14)21/h1-10,23H,(H,27,28)(H,24,25,29). The van der Waals surface area contributed by atoms with Crippen LogP contribution >= 0.6 is 43.2 Å². The number of benzene rings is 2. The van der Waals surface area contributed by atoms with E-state index in [0.717, 1.165) is 20.3 Å². The van der Waals surface area contributed by atoms with Crippen LogP contribution in [0.1, 0.15) is 0 Å². The van der Waals surface area contributed by atoms with Gasteiger partial charge in [0.25, 0.3) is 5.91 Å². The average molecular weight is 547 g/mol. The zero-order valence-corrected chi connectivity index (χ0v) is 19.1. The minimum Gasteiger partial charge on any atom is -0.352 e. The van der Waals surface area contributed by atoms with Crippen molar-refractivity contribution in [3.8, 4) is 0 Å². The first kappa shape index (κ1) is 20.4. The molecule has 2 aromatic carbocycles. The second-order valence-corrected chi connectivity index (χ2v) is 8.43. The molecule has 4 rings (SSSR count). The van der Waals surface area contributed by atoms with E-state index in [-0.39, 0.29) is 5.71 Å². The SMILES string of the molecule is O=C1N=C(Nc2ccccc2Br)C(Nc2ccccc2Br)=CC1=NNc1nncs1. The van der Waals surface area contributed by atoms with Crippen molar-refractivity contribution in [2.24, 2.45) is 10.1 Å². The summed E-state index contributed by atoms with van der Waals surface area (Å²) in [4.78, 5) is 16.8. The first-order valence-electron chi connectivity index (χ1n) is 8.58. The normalized spacial score (nSPS) is 14.9. The highest BCUT2D eigenvalue weighted by Crippen LogP contribution is 2.26. The second-order valence-electron chi connectivity index (χ2n) is 5.89. The van der Waals surface area contributed by atoms with E-state index in [9.17, 15) is 4.79 Å². The number of dihydropyridines is 1. The molecule has 1 aliphatic rings. The van der Waals surface area contributed by atoms with Crippen molar-refractivity contribution in [2.75, 3.05) is 16.1 Å². The zero-order chi connectivity index (χ0) is 20.9. The Morgan fingerprint density at radius 2 is 1.60 bits per heavy atom. The van der Waals surface area contributed by atoms with Crippen LogP contribution in [0.25, 0.3) is 0 Å². The maximum absolute atomic E-state index is 12.6. The maximum Gasteiger partial charge on any atom is 0.299 e. The van der Waals surface area contributed by atoms with Gasteiger partial charge in [-0.05, 0) is 62.2 Å². The number of amidine groups is 1. The monoisotopic (exact) mass is 545 g/mol. The third-order valence-electron chi connectivity index (χ3n) is 3.87. The van der Waals surface area contributed by atoms with Crippen LogP contribution in [0.4, 0.5) is 16.5 Å². The van der Waals surface area contributed by atoms with Gasteiger partial charge in [-0.25, -0.2) is 0 Å². The lowest BCUT2D eigenvalue weighted by Gasteiger charge is -2.19. The summed E-state index contributed by atoms with van der Waals surface area (Å²) in [5, 5.41) is 18.7. The highest BCUT2D eigenvalue weighted by Gasteiger charge is 2.22. The van der Waals surface area contributed by atoms with Gasteiger partial charge in [0.15, 0.2) is 11.5 Å². The molecular weight excluding hydrogens is 534 g/mol. The number of nitrogens with zero attached hydrogens (tertiary/aromatic N) is 4. The van der Waals surface area contributed by atoms with E-state index in [1.807, 2.05) is 48.5 Å². The third-order valence-corrected chi connectivity index (χ3v) is 5.85. The predicted octanol–water partition coefficient (Wildman–Crippen LogP) is 4.88. The van der Waals surface area contributed by atoms with Crippen molar-refractivity contribution < 1.29 is 4.79 Å². The molecule has 30 heavy (non-hydrogen) atoms. The molecule has 0 saturated heterocycles. The van der Waals surface area contributed by atoms with Crippen LogP contribution in [-0.4, -0.2) is 27.7 Å². The summed E-state index contributed by atoms with van der Waals surface area (Å²) in [6, 6.07) is 15.2. The first-order chi connectivity index (χ1) is 14.6. The lowest BCUT2D eigenvalue weighted by Crippen LogP contribution is -2.29. The first-order valence-corrected chi connectivity index (χ1v) is 11.0. The Kier molecular flexibility index (Phi) is 6.31. The van der Waals surface area contributed by atoms with Gasteiger partial charge in [-0.1, -0.05) is 35.6 Å². The number of amides is 1. The Balaban J connectivity index is 1.67. The van der Waals surface area contributed by atoms with Crippen LogP contribution in [0.3, 0.4) is 0 Å².